The quantitative estimate of drug-likeness (QED) is 0.853. The summed E-state index contributed by atoms with van der Waals surface area (Å²) in [6, 6.07) is 5.68. The van der Waals surface area contributed by atoms with Gasteiger partial charge in [-0.3, -0.25) is 0 Å². The van der Waals surface area contributed by atoms with Crippen molar-refractivity contribution < 1.29 is 13.2 Å². The monoisotopic (exact) mass is 299 g/mol. The summed E-state index contributed by atoms with van der Waals surface area (Å²) in [4.78, 5) is 0. The predicted octanol–water partition coefficient (Wildman–Crippen LogP) is 4.79. The third-order valence-electron chi connectivity index (χ3n) is 4.93. The molecule has 4 heteroatoms. The van der Waals surface area contributed by atoms with Gasteiger partial charge in [0, 0.05) is 0 Å². The van der Waals surface area contributed by atoms with Crippen LogP contribution >= 0.6 is 0 Å². The van der Waals surface area contributed by atoms with Gasteiger partial charge in [0.15, 0.2) is 0 Å². The molecule has 21 heavy (non-hydrogen) atoms. The Morgan fingerprint density at radius 1 is 1.10 bits per heavy atom. The molecular formula is C17H24F3N. The van der Waals surface area contributed by atoms with Gasteiger partial charge in [0.1, 0.15) is 0 Å². The first-order valence-corrected chi connectivity index (χ1v) is 7.52. The Hall–Kier alpha value is -1.03. The van der Waals surface area contributed by atoms with Crippen molar-refractivity contribution in [2.45, 2.75) is 52.1 Å². The van der Waals surface area contributed by atoms with E-state index < -0.39 is 11.7 Å². The maximum Gasteiger partial charge on any atom is 0.416 e. The average Bonchev–Trinajstić information content (AvgIpc) is 2.41. The van der Waals surface area contributed by atoms with Crippen LogP contribution in [0.15, 0.2) is 24.3 Å². The highest BCUT2D eigenvalue weighted by atomic mass is 19.4. The second-order valence-corrected chi connectivity index (χ2v) is 7.24. The maximum absolute atomic E-state index is 12.8. The van der Waals surface area contributed by atoms with Gasteiger partial charge in [0.25, 0.3) is 0 Å². The van der Waals surface area contributed by atoms with Gasteiger partial charge in [-0.15, -0.1) is 0 Å². The van der Waals surface area contributed by atoms with Crippen molar-refractivity contribution in [3.63, 3.8) is 0 Å². The standard InChI is InChI=1S/C17H24F3N/c1-15(2)6-8-16(12-21,9-7-15)11-13-4-3-5-14(10-13)17(18,19)20/h3-5,10H,6-9,11-12,21H2,1-2H3. The molecule has 0 spiro atoms. The Kier molecular flexibility index (Phi) is 4.39. The van der Waals surface area contributed by atoms with E-state index in [0.29, 0.717) is 18.4 Å². The highest BCUT2D eigenvalue weighted by molar-refractivity contribution is 5.26. The molecule has 0 saturated heterocycles. The van der Waals surface area contributed by atoms with E-state index in [1.807, 2.05) is 0 Å². The van der Waals surface area contributed by atoms with Crippen LogP contribution in [0.25, 0.3) is 0 Å². The van der Waals surface area contributed by atoms with E-state index in [9.17, 15) is 13.2 Å². The van der Waals surface area contributed by atoms with E-state index in [-0.39, 0.29) is 5.41 Å². The Labute approximate surface area is 124 Å². The van der Waals surface area contributed by atoms with Crippen LogP contribution < -0.4 is 5.73 Å². The van der Waals surface area contributed by atoms with Gasteiger partial charge in [0.05, 0.1) is 5.56 Å². The molecule has 0 unspecified atom stereocenters. The summed E-state index contributed by atoms with van der Waals surface area (Å²) >= 11 is 0. The minimum Gasteiger partial charge on any atom is -0.330 e. The molecule has 1 fully saturated rings. The van der Waals surface area contributed by atoms with E-state index in [1.54, 1.807) is 6.07 Å². The lowest BCUT2D eigenvalue weighted by atomic mass is 9.63. The minimum atomic E-state index is -4.28. The molecule has 0 heterocycles. The Balaban J connectivity index is 2.16. The highest BCUT2D eigenvalue weighted by Crippen LogP contribution is 2.46. The zero-order valence-corrected chi connectivity index (χ0v) is 12.8. The number of rotatable bonds is 3. The van der Waals surface area contributed by atoms with Crippen LogP contribution in [-0.2, 0) is 12.6 Å². The smallest absolute Gasteiger partial charge is 0.330 e. The molecule has 118 valence electrons. The SMILES string of the molecule is CC1(C)CCC(CN)(Cc2cccc(C(F)(F)F)c2)CC1. The molecule has 1 nitrogen and oxygen atoms in total. The molecule has 1 aromatic rings. The molecule has 0 aromatic heterocycles. The Bertz CT molecular complexity index is 481. The minimum absolute atomic E-state index is 0.0419. The van der Waals surface area contributed by atoms with E-state index >= 15 is 0 Å². The number of hydrogen-bond donors (Lipinski definition) is 1. The fraction of sp³-hybridized carbons (Fsp3) is 0.647. The van der Waals surface area contributed by atoms with Crippen molar-refractivity contribution in [1.82, 2.24) is 0 Å². The first-order valence-electron chi connectivity index (χ1n) is 7.52. The van der Waals surface area contributed by atoms with Gasteiger partial charge in [0.2, 0.25) is 0 Å². The van der Waals surface area contributed by atoms with Gasteiger partial charge in [-0.25, -0.2) is 0 Å². The fourth-order valence-corrected chi connectivity index (χ4v) is 3.20. The largest absolute Gasteiger partial charge is 0.416 e. The van der Waals surface area contributed by atoms with Crippen molar-refractivity contribution in [3.8, 4) is 0 Å². The fourth-order valence-electron chi connectivity index (χ4n) is 3.20. The molecule has 1 saturated carbocycles. The van der Waals surface area contributed by atoms with Crippen LogP contribution in [0.1, 0.15) is 50.7 Å². The van der Waals surface area contributed by atoms with Crippen molar-refractivity contribution >= 4 is 0 Å². The third kappa shape index (κ3) is 4.00. The molecule has 2 rings (SSSR count). The number of hydrogen-bond acceptors (Lipinski definition) is 1. The average molecular weight is 299 g/mol. The molecule has 1 aromatic carbocycles. The zero-order chi connectivity index (χ0) is 15.7. The summed E-state index contributed by atoms with van der Waals surface area (Å²) in [5.74, 6) is 0. The van der Waals surface area contributed by atoms with E-state index in [1.165, 1.54) is 12.1 Å². The van der Waals surface area contributed by atoms with Crippen LogP contribution in [0.5, 0.6) is 0 Å². The molecule has 0 aliphatic heterocycles. The second-order valence-electron chi connectivity index (χ2n) is 7.24. The van der Waals surface area contributed by atoms with E-state index in [0.717, 1.165) is 37.3 Å². The van der Waals surface area contributed by atoms with Crippen LogP contribution in [0, 0.1) is 10.8 Å². The molecule has 1 aliphatic carbocycles. The van der Waals surface area contributed by atoms with Crippen LogP contribution in [0.2, 0.25) is 0 Å². The maximum atomic E-state index is 12.8. The molecule has 2 N–H and O–H groups in total. The van der Waals surface area contributed by atoms with Gasteiger partial charge in [-0.2, -0.15) is 13.2 Å². The third-order valence-corrected chi connectivity index (χ3v) is 4.93. The summed E-state index contributed by atoms with van der Waals surface area (Å²) < 4.78 is 38.4. The summed E-state index contributed by atoms with van der Waals surface area (Å²) in [7, 11) is 0. The summed E-state index contributed by atoms with van der Waals surface area (Å²) in [6.07, 6.45) is 0.524. The number of nitrogens with two attached hydrogens (primary N) is 1. The van der Waals surface area contributed by atoms with Crippen molar-refractivity contribution in [1.29, 1.82) is 0 Å². The summed E-state index contributed by atoms with van der Waals surface area (Å²) in [6.45, 7) is 5.04. The molecule has 0 bridgehead atoms. The number of benzene rings is 1. The lowest BCUT2D eigenvalue weighted by molar-refractivity contribution is -0.137. The van der Waals surface area contributed by atoms with Gasteiger partial charge in [-0.1, -0.05) is 32.0 Å². The molecular weight excluding hydrogens is 275 g/mol. The zero-order valence-electron chi connectivity index (χ0n) is 12.8. The van der Waals surface area contributed by atoms with Gasteiger partial charge < -0.3 is 5.73 Å². The number of alkyl halides is 3. The van der Waals surface area contributed by atoms with E-state index in [2.05, 4.69) is 13.8 Å². The molecule has 1 aliphatic rings. The Morgan fingerprint density at radius 2 is 1.71 bits per heavy atom. The normalized spacial score (nSPS) is 21.2. The second kappa shape index (κ2) is 5.64. The molecule has 0 atom stereocenters. The number of halogens is 3. The molecule has 0 amide bonds. The van der Waals surface area contributed by atoms with E-state index in [4.69, 9.17) is 5.73 Å². The predicted molar refractivity (Wildman–Crippen MR) is 78.9 cm³/mol. The van der Waals surface area contributed by atoms with Crippen LogP contribution in [0.3, 0.4) is 0 Å². The topological polar surface area (TPSA) is 26.0 Å². The lowest BCUT2D eigenvalue weighted by Gasteiger charge is -2.43. The van der Waals surface area contributed by atoms with Crippen molar-refractivity contribution in [2.75, 3.05) is 6.54 Å². The van der Waals surface area contributed by atoms with Crippen LogP contribution in [-0.4, -0.2) is 6.54 Å². The van der Waals surface area contributed by atoms with Gasteiger partial charge >= 0.3 is 6.18 Å². The van der Waals surface area contributed by atoms with Crippen LogP contribution in [0.4, 0.5) is 13.2 Å². The van der Waals surface area contributed by atoms with Crippen molar-refractivity contribution in [3.05, 3.63) is 35.4 Å². The molecule has 0 radical (unpaired) electrons. The Morgan fingerprint density at radius 3 is 2.24 bits per heavy atom. The first-order chi connectivity index (χ1) is 9.66. The summed E-state index contributed by atoms with van der Waals surface area (Å²) in [5.41, 5.74) is 6.44. The van der Waals surface area contributed by atoms with Gasteiger partial charge in [-0.05, 0) is 61.1 Å². The van der Waals surface area contributed by atoms with Crippen molar-refractivity contribution in [2.24, 2.45) is 16.6 Å². The summed E-state index contributed by atoms with van der Waals surface area (Å²) in [5, 5.41) is 0. The highest BCUT2D eigenvalue weighted by Gasteiger charge is 2.38. The first kappa shape index (κ1) is 16.3. The lowest BCUT2D eigenvalue weighted by Crippen LogP contribution is -2.39.